The van der Waals surface area contributed by atoms with Gasteiger partial charge in [-0.1, -0.05) is 24.8 Å². The van der Waals surface area contributed by atoms with Crippen LogP contribution in [0.25, 0.3) is 5.52 Å². The average Bonchev–Trinajstić information content (AvgIpc) is 2.83. The molecule has 2 aromatic heterocycles. The van der Waals surface area contributed by atoms with E-state index in [1.165, 1.54) is 11.8 Å². The van der Waals surface area contributed by atoms with E-state index in [2.05, 4.69) is 4.98 Å². The fourth-order valence-corrected chi connectivity index (χ4v) is 2.74. The molecule has 0 aliphatic heterocycles. The van der Waals surface area contributed by atoms with Gasteiger partial charge in [-0.15, -0.1) is 0 Å². The number of imidazole rings is 1. The molecule has 2 aromatic rings. The summed E-state index contributed by atoms with van der Waals surface area (Å²) in [5.74, 6) is -0.692. The average molecular weight is 331 g/mol. The van der Waals surface area contributed by atoms with Crippen LogP contribution in [0.1, 0.15) is 23.8 Å². The third-order valence-corrected chi connectivity index (χ3v) is 3.71. The molecule has 0 saturated carbocycles. The first kappa shape index (κ1) is 16.7. The van der Waals surface area contributed by atoms with E-state index in [4.69, 9.17) is 0 Å². The Labute approximate surface area is 130 Å². The molecule has 0 radical (unpaired) electrons. The van der Waals surface area contributed by atoms with Gasteiger partial charge in [-0.3, -0.25) is 9.20 Å². The first-order valence-electron chi connectivity index (χ1n) is 6.74. The van der Waals surface area contributed by atoms with E-state index in [0.29, 0.717) is 17.1 Å². The van der Waals surface area contributed by atoms with Gasteiger partial charge in [0.2, 0.25) is 0 Å². The molecule has 120 valence electrons. The van der Waals surface area contributed by atoms with Crippen LogP contribution >= 0.6 is 11.8 Å². The number of alkyl halides is 3. The summed E-state index contributed by atoms with van der Waals surface area (Å²) in [4.78, 5) is 17.5. The molecule has 0 spiro atoms. The van der Waals surface area contributed by atoms with Crippen molar-refractivity contribution in [3.05, 3.63) is 30.1 Å². The van der Waals surface area contributed by atoms with Crippen LogP contribution in [0, 0.1) is 0 Å². The number of pyridine rings is 1. The molecule has 0 fully saturated rings. The third kappa shape index (κ3) is 3.55. The number of hydrogen-bond donors (Lipinski definition) is 0. The molecule has 2 rings (SSSR count). The van der Waals surface area contributed by atoms with Crippen LogP contribution < -0.4 is 0 Å². The van der Waals surface area contributed by atoms with Crippen molar-refractivity contribution in [2.75, 3.05) is 19.3 Å². The zero-order chi connectivity index (χ0) is 16.3. The lowest BCUT2D eigenvalue weighted by Crippen LogP contribution is -2.39. The number of nitrogens with zero attached hydrogens (tertiary/aromatic N) is 3. The number of aromatic nitrogens is 2. The molecule has 4 nitrogen and oxygen atoms in total. The summed E-state index contributed by atoms with van der Waals surface area (Å²) < 4.78 is 39.7. The number of carbonyl (C=O) groups is 1. The highest BCUT2D eigenvalue weighted by molar-refractivity contribution is 7.98. The molecule has 0 aromatic carbocycles. The highest BCUT2D eigenvalue weighted by Crippen LogP contribution is 2.23. The fourth-order valence-electron chi connectivity index (χ4n) is 2.20. The van der Waals surface area contributed by atoms with Crippen molar-refractivity contribution in [1.29, 1.82) is 0 Å². The van der Waals surface area contributed by atoms with Gasteiger partial charge in [-0.2, -0.15) is 13.2 Å². The van der Waals surface area contributed by atoms with Crippen LogP contribution in [-0.4, -0.2) is 45.7 Å². The molecule has 0 unspecified atom stereocenters. The first-order chi connectivity index (χ1) is 10.4. The van der Waals surface area contributed by atoms with E-state index in [1.54, 1.807) is 42.0 Å². The van der Waals surface area contributed by atoms with Crippen molar-refractivity contribution >= 4 is 23.2 Å². The third-order valence-electron chi connectivity index (χ3n) is 3.05. The predicted octanol–water partition coefficient (Wildman–Crippen LogP) is 3.47. The van der Waals surface area contributed by atoms with E-state index in [-0.39, 0.29) is 12.2 Å². The van der Waals surface area contributed by atoms with Gasteiger partial charge in [0.15, 0.2) is 10.9 Å². The maximum Gasteiger partial charge on any atom is 0.406 e. The lowest BCUT2D eigenvalue weighted by Gasteiger charge is -2.22. The van der Waals surface area contributed by atoms with Gasteiger partial charge < -0.3 is 4.90 Å². The smallest absolute Gasteiger partial charge is 0.328 e. The van der Waals surface area contributed by atoms with Crippen molar-refractivity contribution in [1.82, 2.24) is 14.3 Å². The lowest BCUT2D eigenvalue weighted by atomic mass is 10.2. The summed E-state index contributed by atoms with van der Waals surface area (Å²) in [5.41, 5.74) is 0.572. The van der Waals surface area contributed by atoms with Gasteiger partial charge >= 0.3 is 6.18 Å². The number of carbonyl (C=O) groups excluding carboxylic acids is 1. The van der Waals surface area contributed by atoms with Crippen LogP contribution in [0.4, 0.5) is 13.2 Å². The molecule has 0 atom stereocenters. The summed E-state index contributed by atoms with van der Waals surface area (Å²) in [6.45, 7) is 0.508. The number of thioether (sulfide) groups is 1. The number of fused-ring (bicyclic) bond motifs is 1. The summed E-state index contributed by atoms with van der Waals surface area (Å²) in [6, 6.07) is 5.19. The van der Waals surface area contributed by atoms with Crippen molar-refractivity contribution in [3.8, 4) is 0 Å². The second-order valence-corrected chi connectivity index (χ2v) is 5.52. The maximum atomic E-state index is 12.7. The maximum absolute atomic E-state index is 12.7. The molecule has 2 heterocycles. The van der Waals surface area contributed by atoms with Gasteiger partial charge in [0.05, 0.1) is 5.52 Å². The Morgan fingerprint density at radius 2 is 2.14 bits per heavy atom. The van der Waals surface area contributed by atoms with Gasteiger partial charge in [-0.05, 0) is 24.8 Å². The number of amides is 1. The molecule has 0 saturated heterocycles. The predicted molar refractivity (Wildman–Crippen MR) is 79.2 cm³/mol. The number of halogens is 3. The second kappa shape index (κ2) is 6.60. The van der Waals surface area contributed by atoms with E-state index in [1.807, 2.05) is 0 Å². The molecule has 0 aliphatic carbocycles. The van der Waals surface area contributed by atoms with Gasteiger partial charge in [0, 0.05) is 12.7 Å². The van der Waals surface area contributed by atoms with Gasteiger partial charge in [0.1, 0.15) is 6.54 Å². The summed E-state index contributed by atoms with van der Waals surface area (Å²) >= 11 is 1.33. The zero-order valence-corrected chi connectivity index (χ0v) is 13.0. The second-order valence-electron chi connectivity index (χ2n) is 4.74. The lowest BCUT2D eigenvalue weighted by molar-refractivity contribution is -0.140. The Kier molecular flexibility index (Phi) is 5.00. The SMILES string of the molecule is CCCN(CC(F)(F)F)C(=O)c1nc(SC)n2ccccc12. The molecule has 8 heteroatoms. The van der Waals surface area contributed by atoms with Crippen LogP contribution in [0.2, 0.25) is 0 Å². The van der Waals surface area contributed by atoms with Crippen molar-refractivity contribution in [2.24, 2.45) is 0 Å². The summed E-state index contributed by atoms with van der Waals surface area (Å²) in [5, 5.41) is 0.572. The van der Waals surface area contributed by atoms with E-state index in [0.717, 1.165) is 4.90 Å². The Morgan fingerprint density at radius 3 is 2.73 bits per heavy atom. The van der Waals surface area contributed by atoms with Crippen molar-refractivity contribution < 1.29 is 18.0 Å². The number of hydrogen-bond acceptors (Lipinski definition) is 3. The van der Waals surface area contributed by atoms with E-state index >= 15 is 0 Å². The Hall–Kier alpha value is -1.70. The molecule has 22 heavy (non-hydrogen) atoms. The topological polar surface area (TPSA) is 37.6 Å². The van der Waals surface area contributed by atoms with Crippen molar-refractivity contribution in [3.63, 3.8) is 0 Å². The molecule has 0 aliphatic rings. The van der Waals surface area contributed by atoms with Gasteiger partial charge in [-0.25, -0.2) is 4.98 Å². The van der Waals surface area contributed by atoms with Crippen LogP contribution in [0.3, 0.4) is 0 Å². The Bertz CT molecular complexity index is 669. The molecular weight excluding hydrogens is 315 g/mol. The molecule has 1 amide bonds. The monoisotopic (exact) mass is 331 g/mol. The molecule has 0 N–H and O–H groups in total. The highest BCUT2D eigenvalue weighted by Gasteiger charge is 2.34. The van der Waals surface area contributed by atoms with E-state index < -0.39 is 18.6 Å². The zero-order valence-electron chi connectivity index (χ0n) is 12.2. The van der Waals surface area contributed by atoms with Crippen molar-refractivity contribution in [2.45, 2.75) is 24.7 Å². The Balaban J connectivity index is 2.42. The van der Waals surface area contributed by atoms with Gasteiger partial charge in [0.25, 0.3) is 5.91 Å². The Morgan fingerprint density at radius 1 is 1.41 bits per heavy atom. The van der Waals surface area contributed by atoms with Crippen LogP contribution in [0.5, 0.6) is 0 Å². The minimum Gasteiger partial charge on any atom is -0.328 e. The van der Waals surface area contributed by atoms with E-state index in [9.17, 15) is 18.0 Å². The van der Waals surface area contributed by atoms with Crippen LogP contribution in [0.15, 0.2) is 29.6 Å². The first-order valence-corrected chi connectivity index (χ1v) is 7.97. The molecular formula is C14H16F3N3OS. The molecule has 0 bridgehead atoms. The minimum atomic E-state index is -4.43. The summed E-state index contributed by atoms with van der Waals surface area (Å²) in [6.07, 6.45) is -0.444. The number of rotatable bonds is 5. The highest BCUT2D eigenvalue weighted by atomic mass is 32.2. The summed E-state index contributed by atoms with van der Waals surface area (Å²) in [7, 11) is 0. The minimum absolute atomic E-state index is 0.0405. The quantitative estimate of drug-likeness (QED) is 0.787. The van der Waals surface area contributed by atoms with Crippen LogP contribution in [-0.2, 0) is 0 Å². The fraction of sp³-hybridized carbons (Fsp3) is 0.429. The largest absolute Gasteiger partial charge is 0.406 e. The standard InChI is InChI=1S/C14H16F3N3OS/c1-3-7-19(9-14(15,16)17)12(21)11-10-6-4-5-8-20(10)13(18-11)22-2/h4-6,8H,3,7,9H2,1-2H3. The normalized spacial score (nSPS) is 11.9.